The quantitative estimate of drug-likeness (QED) is 0.0346. The zero-order valence-corrected chi connectivity index (χ0v) is 38.8. The van der Waals surface area contributed by atoms with Crippen LogP contribution in [-0.2, 0) is 28.6 Å². The molecule has 1 atom stereocenters. The van der Waals surface area contributed by atoms with E-state index in [0.717, 1.165) is 63.7 Å². The van der Waals surface area contributed by atoms with Gasteiger partial charge in [-0.25, -0.2) is 0 Å². The summed E-state index contributed by atoms with van der Waals surface area (Å²) in [6.45, 7) is 9.01. The van der Waals surface area contributed by atoms with Crippen LogP contribution in [0.1, 0.15) is 285 Å². The van der Waals surface area contributed by atoms with Gasteiger partial charge in [0.1, 0.15) is 13.2 Å². The Morgan fingerprint density at radius 2 is 0.579 bits per heavy atom. The van der Waals surface area contributed by atoms with Gasteiger partial charge < -0.3 is 14.2 Å². The summed E-state index contributed by atoms with van der Waals surface area (Å²) in [6.07, 6.45) is 46.6. The molecule has 0 aliphatic rings. The zero-order valence-electron chi connectivity index (χ0n) is 38.8. The third-order valence-corrected chi connectivity index (χ3v) is 11.5. The van der Waals surface area contributed by atoms with Gasteiger partial charge in [-0.2, -0.15) is 0 Å². The van der Waals surface area contributed by atoms with Crippen molar-refractivity contribution >= 4 is 17.9 Å². The van der Waals surface area contributed by atoms with E-state index in [1.807, 2.05) is 0 Å². The number of hydrogen-bond acceptors (Lipinski definition) is 6. The molecule has 0 aromatic rings. The van der Waals surface area contributed by atoms with E-state index < -0.39 is 6.10 Å². The fourth-order valence-electron chi connectivity index (χ4n) is 7.69. The van der Waals surface area contributed by atoms with Crippen LogP contribution in [0.5, 0.6) is 0 Å². The van der Waals surface area contributed by atoms with Gasteiger partial charge >= 0.3 is 17.9 Å². The Bertz CT molecular complexity index is 857. The highest BCUT2D eigenvalue weighted by Gasteiger charge is 2.19. The fourth-order valence-corrected chi connectivity index (χ4v) is 7.69. The summed E-state index contributed by atoms with van der Waals surface area (Å²) in [5.74, 6) is -0.00315. The predicted octanol–water partition coefficient (Wildman–Crippen LogP) is 16.3. The lowest BCUT2D eigenvalue weighted by Crippen LogP contribution is -2.30. The molecule has 0 fully saturated rings. The van der Waals surface area contributed by atoms with E-state index in [9.17, 15) is 14.4 Å². The molecular formula is C51H98O6. The van der Waals surface area contributed by atoms with Crippen LogP contribution in [-0.4, -0.2) is 37.2 Å². The maximum Gasteiger partial charge on any atom is 0.306 e. The topological polar surface area (TPSA) is 78.9 Å². The van der Waals surface area contributed by atoms with Gasteiger partial charge in [-0.05, 0) is 25.2 Å². The van der Waals surface area contributed by atoms with Gasteiger partial charge in [0, 0.05) is 19.3 Å². The van der Waals surface area contributed by atoms with Crippen molar-refractivity contribution in [1.82, 2.24) is 0 Å². The largest absolute Gasteiger partial charge is 0.462 e. The van der Waals surface area contributed by atoms with Crippen molar-refractivity contribution in [3.05, 3.63) is 0 Å². The molecule has 0 aliphatic heterocycles. The van der Waals surface area contributed by atoms with E-state index in [-0.39, 0.29) is 31.1 Å². The van der Waals surface area contributed by atoms with Gasteiger partial charge in [0.25, 0.3) is 0 Å². The molecule has 0 aliphatic carbocycles. The molecule has 0 unspecified atom stereocenters. The van der Waals surface area contributed by atoms with Gasteiger partial charge in [-0.1, -0.05) is 246 Å². The van der Waals surface area contributed by atoms with Crippen molar-refractivity contribution in [2.75, 3.05) is 13.2 Å². The minimum absolute atomic E-state index is 0.0629. The Hall–Kier alpha value is -1.59. The average Bonchev–Trinajstić information content (AvgIpc) is 3.19. The highest BCUT2D eigenvalue weighted by molar-refractivity contribution is 5.71. The minimum atomic E-state index is -0.759. The molecule has 6 nitrogen and oxygen atoms in total. The van der Waals surface area contributed by atoms with Gasteiger partial charge in [-0.3, -0.25) is 14.4 Å². The Kier molecular flexibility index (Phi) is 44.2. The molecule has 0 saturated carbocycles. The normalized spacial score (nSPS) is 11.9. The van der Waals surface area contributed by atoms with Gasteiger partial charge in [0.2, 0.25) is 0 Å². The Labute approximate surface area is 355 Å². The summed E-state index contributed by atoms with van der Waals surface area (Å²) in [4.78, 5) is 37.8. The summed E-state index contributed by atoms with van der Waals surface area (Å²) in [7, 11) is 0. The summed E-state index contributed by atoms with van der Waals surface area (Å²) < 4.78 is 16.8. The van der Waals surface area contributed by atoms with E-state index in [2.05, 4.69) is 27.7 Å². The smallest absolute Gasteiger partial charge is 0.306 e. The van der Waals surface area contributed by atoms with Gasteiger partial charge in [-0.15, -0.1) is 0 Å². The molecule has 0 heterocycles. The molecule has 0 saturated heterocycles. The number of rotatable bonds is 46. The first kappa shape index (κ1) is 55.4. The summed E-state index contributed by atoms with van der Waals surface area (Å²) in [6, 6.07) is 0. The Morgan fingerprint density at radius 3 is 0.860 bits per heavy atom. The molecule has 6 heteroatoms. The number of hydrogen-bond donors (Lipinski definition) is 0. The fraction of sp³-hybridized carbons (Fsp3) is 0.941. The van der Waals surface area contributed by atoms with Crippen LogP contribution in [0.3, 0.4) is 0 Å². The highest BCUT2D eigenvalue weighted by atomic mass is 16.6. The number of carbonyl (C=O) groups excluding carboxylic acids is 3. The lowest BCUT2D eigenvalue weighted by molar-refractivity contribution is -0.167. The van der Waals surface area contributed by atoms with Crippen LogP contribution in [0, 0.1) is 5.92 Å². The molecule has 338 valence electrons. The lowest BCUT2D eigenvalue weighted by Gasteiger charge is -2.18. The molecule has 0 aromatic carbocycles. The van der Waals surface area contributed by atoms with Crippen LogP contribution in [0.15, 0.2) is 0 Å². The first-order valence-corrected chi connectivity index (χ1v) is 25.4. The van der Waals surface area contributed by atoms with E-state index in [4.69, 9.17) is 14.2 Å². The first-order valence-electron chi connectivity index (χ1n) is 25.4. The third-order valence-electron chi connectivity index (χ3n) is 11.5. The number of ether oxygens (including phenoxy) is 3. The van der Waals surface area contributed by atoms with Crippen LogP contribution in [0.25, 0.3) is 0 Å². The zero-order chi connectivity index (χ0) is 41.7. The Balaban J connectivity index is 4.25. The van der Waals surface area contributed by atoms with E-state index in [1.54, 1.807) is 0 Å². The third kappa shape index (κ3) is 45.3. The number of unbranched alkanes of at least 4 members (excludes halogenated alkanes) is 33. The van der Waals surface area contributed by atoms with Crippen molar-refractivity contribution in [3.63, 3.8) is 0 Å². The lowest BCUT2D eigenvalue weighted by atomic mass is 10.0. The molecule has 0 spiro atoms. The number of esters is 3. The molecular weight excluding hydrogens is 709 g/mol. The van der Waals surface area contributed by atoms with Crippen molar-refractivity contribution in [1.29, 1.82) is 0 Å². The summed E-state index contributed by atoms with van der Waals surface area (Å²) in [5.41, 5.74) is 0. The van der Waals surface area contributed by atoms with E-state index >= 15 is 0 Å². The van der Waals surface area contributed by atoms with Crippen LogP contribution < -0.4 is 0 Å². The van der Waals surface area contributed by atoms with Crippen LogP contribution in [0.2, 0.25) is 0 Å². The maximum atomic E-state index is 12.7. The second kappa shape index (κ2) is 45.5. The molecule has 0 rings (SSSR count). The summed E-state index contributed by atoms with van der Waals surface area (Å²) >= 11 is 0. The molecule has 0 radical (unpaired) electrons. The Morgan fingerprint density at radius 1 is 0.333 bits per heavy atom. The summed E-state index contributed by atoms with van der Waals surface area (Å²) in [5, 5.41) is 0. The number of carbonyl (C=O) groups is 3. The molecule has 0 bridgehead atoms. The molecule has 0 N–H and O–H groups in total. The van der Waals surface area contributed by atoms with Gasteiger partial charge in [0.05, 0.1) is 0 Å². The second-order valence-electron chi connectivity index (χ2n) is 17.9. The second-order valence-corrected chi connectivity index (χ2v) is 17.9. The molecule has 57 heavy (non-hydrogen) atoms. The highest BCUT2D eigenvalue weighted by Crippen LogP contribution is 2.17. The molecule has 0 amide bonds. The van der Waals surface area contributed by atoms with Gasteiger partial charge in [0.15, 0.2) is 6.10 Å². The van der Waals surface area contributed by atoms with Crippen LogP contribution >= 0.6 is 0 Å². The average molecular weight is 807 g/mol. The first-order chi connectivity index (χ1) is 27.9. The molecule has 0 aromatic heterocycles. The minimum Gasteiger partial charge on any atom is -0.462 e. The van der Waals surface area contributed by atoms with Crippen LogP contribution in [0.4, 0.5) is 0 Å². The predicted molar refractivity (Wildman–Crippen MR) is 243 cm³/mol. The standard InChI is InChI=1S/C51H98O6/c1-5-7-9-11-13-15-16-19-24-28-32-36-40-44-51(54)57-48(45-55-49(52)42-38-34-30-25-14-12-10-8-6-2)46-56-50(53)43-39-35-31-27-23-21-18-17-20-22-26-29-33-37-41-47(3)4/h47-48H,5-46H2,1-4H3/t48-/m1/s1. The van der Waals surface area contributed by atoms with Crippen molar-refractivity contribution < 1.29 is 28.6 Å². The van der Waals surface area contributed by atoms with Crippen molar-refractivity contribution in [3.8, 4) is 0 Å². The monoisotopic (exact) mass is 807 g/mol. The van der Waals surface area contributed by atoms with E-state index in [0.29, 0.717) is 19.3 Å². The van der Waals surface area contributed by atoms with Crippen molar-refractivity contribution in [2.45, 2.75) is 291 Å². The maximum absolute atomic E-state index is 12.7. The van der Waals surface area contributed by atoms with E-state index in [1.165, 1.54) is 180 Å². The SMILES string of the molecule is CCCCCCCCCCCCCCCC(=O)O[C@H](COC(=O)CCCCCCCCCCC)COC(=O)CCCCCCCCCCCCCCCCC(C)C. The van der Waals surface area contributed by atoms with Crippen molar-refractivity contribution in [2.24, 2.45) is 5.92 Å².